The summed E-state index contributed by atoms with van der Waals surface area (Å²) in [5.74, 6) is 0. The minimum absolute atomic E-state index is 0.0640. The molecule has 0 radical (unpaired) electrons. The average Bonchev–Trinajstić information content (AvgIpc) is 3.23. The van der Waals surface area contributed by atoms with Crippen LogP contribution >= 0.6 is 23.2 Å². The number of halogens is 2. The fourth-order valence-electron chi connectivity index (χ4n) is 3.86. The zero-order valence-corrected chi connectivity index (χ0v) is 16.7. The molecular formula is C20H25Cl2N5. The Hall–Kier alpha value is -1.37. The fourth-order valence-corrected chi connectivity index (χ4v) is 4.60. The molecule has 144 valence electrons. The van der Waals surface area contributed by atoms with Gasteiger partial charge in [0.25, 0.3) is 0 Å². The number of nitrogens with one attached hydrogen (secondary N) is 1. The molecule has 2 saturated heterocycles. The number of hydrazine groups is 1. The van der Waals surface area contributed by atoms with Gasteiger partial charge in [-0.05, 0) is 30.5 Å². The number of aromatic nitrogens is 1. The molecule has 2 fully saturated rings. The maximum atomic E-state index is 7.01. The lowest BCUT2D eigenvalue weighted by atomic mass is 10.2. The molecule has 7 heteroatoms. The molecule has 3 unspecified atom stereocenters. The lowest BCUT2D eigenvalue weighted by molar-refractivity contribution is 0.109. The van der Waals surface area contributed by atoms with Gasteiger partial charge >= 0.3 is 0 Å². The lowest BCUT2D eigenvalue weighted by Crippen LogP contribution is -2.67. The molecule has 0 aliphatic carbocycles. The molecule has 0 spiro atoms. The Morgan fingerprint density at radius 1 is 1.04 bits per heavy atom. The third-order valence-electron chi connectivity index (χ3n) is 5.22. The Bertz CT molecular complexity index is 711. The molecule has 1 N–H and O–H groups in total. The SMILES string of the molecule is ClC1CNC(N(c2ccncc2)N2CCCC2)C(Cl)N1Cc1ccccc1. The van der Waals surface area contributed by atoms with Crippen LogP contribution in [0.2, 0.25) is 0 Å². The van der Waals surface area contributed by atoms with E-state index in [-0.39, 0.29) is 17.2 Å². The number of hydrogen-bond acceptors (Lipinski definition) is 5. The zero-order valence-electron chi connectivity index (χ0n) is 15.2. The molecule has 0 amide bonds. The van der Waals surface area contributed by atoms with Gasteiger partial charge in [0.1, 0.15) is 11.7 Å². The summed E-state index contributed by atoms with van der Waals surface area (Å²) in [5, 5.41) is 8.25. The lowest BCUT2D eigenvalue weighted by Gasteiger charge is -2.49. The molecular weight excluding hydrogens is 381 g/mol. The van der Waals surface area contributed by atoms with Gasteiger partial charge in [-0.15, -0.1) is 23.2 Å². The van der Waals surface area contributed by atoms with Crippen LogP contribution in [-0.4, -0.2) is 51.7 Å². The Morgan fingerprint density at radius 3 is 2.44 bits per heavy atom. The quantitative estimate of drug-likeness (QED) is 0.608. The van der Waals surface area contributed by atoms with Crippen LogP contribution in [0.3, 0.4) is 0 Å². The van der Waals surface area contributed by atoms with Crippen molar-refractivity contribution in [2.24, 2.45) is 0 Å². The highest BCUT2D eigenvalue weighted by atomic mass is 35.5. The number of alkyl halides is 2. The number of anilines is 1. The molecule has 1 aromatic heterocycles. The van der Waals surface area contributed by atoms with Crippen molar-refractivity contribution in [2.75, 3.05) is 24.6 Å². The van der Waals surface area contributed by atoms with Crippen molar-refractivity contribution < 1.29 is 0 Å². The van der Waals surface area contributed by atoms with Crippen LogP contribution in [0.5, 0.6) is 0 Å². The monoisotopic (exact) mass is 405 g/mol. The summed E-state index contributed by atoms with van der Waals surface area (Å²) in [7, 11) is 0. The smallest absolute Gasteiger partial charge is 0.125 e. The molecule has 3 heterocycles. The molecule has 0 saturated carbocycles. The third kappa shape index (κ3) is 4.23. The molecule has 27 heavy (non-hydrogen) atoms. The Morgan fingerprint density at radius 2 is 1.74 bits per heavy atom. The van der Waals surface area contributed by atoms with Gasteiger partial charge < -0.3 is 0 Å². The van der Waals surface area contributed by atoms with Crippen LogP contribution < -0.4 is 10.3 Å². The van der Waals surface area contributed by atoms with E-state index >= 15 is 0 Å². The van der Waals surface area contributed by atoms with Crippen LogP contribution in [0.4, 0.5) is 5.69 Å². The highest BCUT2D eigenvalue weighted by Gasteiger charge is 2.40. The molecule has 2 aromatic rings. The van der Waals surface area contributed by atoms with Gasteiger partial charge in [-0.25, -0.2) is 5.01 Å². The van der Waals surface area contributed by atoms with Crippen molar-refractivity contribution in [3.05, 3.63) is 60.4 Å². The van der Waals surface area contributed by atoms with Crippen molar-refractivity contribution in [3.63, 3.8) is 0 Å². The van der Waals surface area contributed by atoms with Gasteiger partial charge in [0, 0.05) is 38.6 Å². The molecule has 5 nitrogen and oxygen atoms in total. The van der Waals surface area contributed by atoms with E-state index in [1.54, 1.807) is 0 Å². The summed E-state index contributed by atoms with van der Waals surface area (Å²) in [6, 6.07) is 14.4. The highest BCUT2D eigenvalue weighted by molar-refractivity contribution is 6.23. The predicted octanol–water partition coefficient (Wildman–Crippen LogP) is 3.46. The number of nitrogens with zero attached hydrogens (tertiary/aromatic N) is 4. The van der Waals surface area contributed by atoms with Gasteiger partial charge in [0.2, 0.25) is 0 Å². The van der Waals surface area contributed by atoms with Crippen molar-refractivity contribution >= 4 is 28.9 Å². The topological polar surface area (TPSA) is 34.6 Å². The Balaban J connectivity index is 1.59. The van der Waals surface area contributed by atoms with E-state index in [0.717, 1.165) is 25.3 Å². The van der Waals surface area contributed by atoms with Gasteiger partial charge in [-0.3, -0.25) is 20.2 Å². The van der Waals surface area contributed by atoms with Crippen LogP contribution in [0.1, 0.15) is 18.4 Å². The first kappa shape index (κ1) is 19.0. The second-order valence-electron chi connectivity index (χ2n) is 7.03. The van der Waals surface area contributed by atoms with E-state index in [9.17, 15) is 0 Å². The summed E-state index contributed by atoms with van der Waals surface area (Å²) >= 11 is 13.7. The molecule has 3 atom stereocenters. The van der Waals surface area contributed by atoms with E-state index in [1.807, 2.05) is 30.6 Å². The minimum atomic E-state index is -0.268. The number of piperazine rings is 1. The molecule has 2 aliphatic rings. The molecule has 4 rings (SSSR count). The third-order valence-corrected chi connectivity index (χ3v) is 6.11. The highest BCUT2D eigenvalue weighted by Crippen LogP contribution is 2.30. The van der Waals surface area contributed by atoms with Crippen LogP contribution in [0.15, 0.2) is 54.9 Å². The molecule has 0 bridgehead atoms. The van der Waals surface area contributed by atoms with Gasteiger partial charge in [0.05, 0.1) is 11.2 Å². The first-order valence-corrected chi connectivity index (χ1v) is 10.4. The van der Waals surface area contributed by atoms with Gasteiger partial charge in [0.15, 0.2) is 0 Å². The van der Waals surface area contributed by atoms with Crippen molar-refractivity contribution in [3.8, 4) is 0 Å². The van der Waals surface area contributed by atoms with Crippen LogP contribution in [0.25, 0.3) is 0 Å². The van der Waals surface area contributed by atoms with Gasteiger partial charge in [-0.2, -0.15) is 0 Å². The summed E-state index contributed by atoms with van der Waals surface area (Å²) < 4.78 is 0. The van der Waals surface area contributed by atoms with E-state index in [0.29, 0.717) is 6.54 Å². The average molecular weight is 406 g/mol. The second kappa shape index (κ2) is 8.76. The maximum absolute atomic E-state index is 7.01. The molecule has 2 aliphatic heterocycles. The van der Waals surface area contributed by atoms with E-state index in [2.05, 4.69) is 49.5 Å². The number of rotatable bonds is 5. The van der Waals surface area contributed by atoms with E-state index < -0.39 is 0 Å². The van der Waals surface area contributed by atoms with Crippen molar-refractivity contribution in [1.82, 2.24) is 20.2 Å². The van der Waals surface area contributed by atoms with E-state index in [1.165, 1.54) is 18.4 Å². The standard InChI is InChI=1S/C20H25Cl2N5/c21-18-14-24-20(19(22)26(18)15-16-6-2-1-3-7-16)27(25-12-4-5-13-25)17-8-10-23-11-9-17/h1-3,6-11,18-20,24H,4-5,12-15H2. The molecule has 1 aromatic carbocycles. The summed E-state index contributed by atoms with van der Waals surface area (Å²) in [6.45, 7) is 3.48. The van der Waals surface area contributed by atoms with Gasteiger partial charge in [-0.1, -0.05) is 30.3 Å². The Labute approximate surface area is 170 Å². The minimum Gasteiger partial charge on any atom is -0.291 e. The predicted molar refractivity (Wildman–Crippen MR) is 111 cm³/mol. The second-order valence-corrected chi connectivity index (χ2v) is 7.98. The fraction of sp³-hybridized carbons (Fsp3) is 0.450. The number of pyridine rings is 1. The number of hydrogen-bond donors (Lipinski definition) is 1. The first-order valence-electron chi connectivity index (χ1n) is 9.49. The zero-order chi connectivity index (χ0) is 18.6. The Kier molecular flexibility index (Phi) is 6.15. The summed E-state index contributed by atoms with van der Waals surface area (Å²) in [5.41, 5.74) is 1.89. The first-order chi connectivity index (χ1) is 13.2. The van der Waals surface area contributed by atoms with Crippen molar-refractivity contribution in [1.29, 1.82) is 0 Å². The van der Waals surface area contributed by atoms with Crippen LogP contribution in [0, 0.1) is 0 Å². The normalized spacial score (nSPS) is 27.0. The number of benzene rings is 1. The van der Waals surface area contributed by atoms with Crippen LogP contribution in [-0.2, 0) is 6.54 Å². The summed E-state index contributed by atoms with van der Waals surface area (Å²) in [6.07, 6.45) is 6.00. The summed E-state index contributed by atoms with van der Waals surface area (Å²) in [4.78, 5) is 6.34. The van der Waals surface area contributed by atoms with E-state index in [4.69, 9.17) is 23.2 Å². The van der Waals surface area contributed by atoms with Crippen molar-refractivity contribution in [2.45, 2.75) is 36.6 Å². The largest absolute Gasteiger partial charge is 0.291 e. The maximum Gasteiger partial charge on any atom is 0.125 e.